The van der Waals surface area contributed by atoms with Gasteiger partial charge in [-0.1, -0.05) is 18.2 Å². The minimum atomic E-state index is -0.217. The number of hydrogen-bond donors (Lipinski definition) is 0. The van der Waals surface area contributed by atoms with Crippen molar-refractivity contribution in [2.24, 2.45) is 5.92 Å². The topological polar surface area (TPSA) is 66.0 Å². The number of fused-ring (bicyclic) bond motifs is 1. The molecule has 0 unspecified atom stereocenters. The molecule has 7 heteroatoms. The number of methoxy groups -OCH3 is 1. The number of hydrogen-bond acceptors (Lipinski definition) is 5. The molecule has 2 aliphatic rings. The van der Waals surface area contributed by atoms with Gasteiger partial charge in [-0.15, -0.1) is 0 Å². The molecule has 30 heavy (non-hydrogen) atoms. The van der Waals surface area contributed by atoms with Crippen LogP contribution in [0.5, 0.6) is 5.75 Å². The number of amides is 2. The molecular formula is C23H28N4O3. The fourth-order valence-corrected chi connectivity index (χ4v) is 4.46. The first-order valence-corrected chi connectivity index (χ1v) is 10.3. The molecule has 1 aromatic carbocycles. The summed E-state index contributed by atoms with van der Waals surface area (Å²) in [6, 6.07) is 11.8. The lowest BCUT2D eigenvalue weighted by Gasteiger charge is -2.40. The van der Waals surface area contributed by atoms with Gasteiger partial charge in [0.25, 0.3) is 0 Å². The molecule has 0 radical (unpaired) electrons. The van der Waals surface area contributed by atoms with Crippen LogP contribution in [0.25, 0.3) is 0 Å². The zero-order valence-corrected chi connectivity index (χ0v) is 17.5. The van der Waals surface area contributed by atoms with Crippen LogP contribution in [0.2, 0.25) is 0 Å². The van der Waals surface area contributed by atoms with Crippen LogP contribution in [0.4, 0.5) is 0 Å². The Morgan fingerprint density at radius 3 is 2.60 bits per heavy atom. The van der Waals surface area contributed by atoms with Gasteiger partial charge in [0.05, 0.1) is 13.0 Å². The van der Waals surface area contributed by atoms with Crippen molar-refractivity contribution in [2.45, 2.75) is 25.6 Å². The number of likely N-dealkylation sites (tertiary alicyclic amines) is 1. The maximum Gasteiger partial charge on any atom is 0.242 e. The van der Waals surface area contributed by atoms with Crippen molar-refractivity contribution in [1.82, 2.24) is 19.7 Å². The fourth-order valence-electron chi connectivity index (χ4n) is 4.46. The van der Waals surface area contributed by atoms with E-state index in [1.54, 1.807) is 29.3 Å². The molecular weight excluding hydrogens is 380 g/mol. The van der Waals surface area contributed by atoms with Crippen molar-refractivity contribution in [3.63, 3.8) is 0 Å². The summed E-state index contributed by atoms with van der Waals surface area (Å²) in [5.41, 5.74) is 2.12. The van der Waals surface area contributed by atoms with Crippen LogP contribution in [0.3, 0.4) is 0 Å². The maximum absolute atomic E-state index is 13.4. The Labute approximate surface area is 177 Å². The first-order chi connectivity index (χ1) is 14.5. The van der Waals surface area contributed by atoms with Crippen molar-refractivity contribution >= 4 is 11.8 Å². The number of rotatable bonds is 5. The minimum absolute atomic E-state index is 0.00310. The molecule has 4 rings (SSSR count). The smallest absolute Gasteiger partial charge is 0.242 e. The molecule has 2 aromatic rings. The van der Waals surface area contributed by atoms with E-state index in [4.69, 9.17) is 4.74 Å². The highest BCUT2D eigenvalue weighted by Gasteiger charge is 2.43. The molecule has 0 aliphatic carbocycles. The quantitative estimate of drug-likeness (QED) is 0.755. The standard InChI is InChI=1S/C23H28N4O3/c1-25-21-9-11-26(13-17-5-7-19(30-2)8-6-17)15-20(21)23(29)27(16-22(25)28)14-18-4-3-10-24-12-18/h3-8,10,12,20-21H,9,11,13-16H2,1-2H3/t20-,21+/m0/s1. The summed E-state index contributed by atoms with van der Waals surface area (Å²) in [4.78, 5) is 36.1. The Balaban J connectivity index is 1.50. The predicted octanol–water partition coefficient (Wildman–Crippen LogP) is 1.78. The van der Waals surface area contributed by atoms with Gasteiger partial charge < -0.3 is 14.5 Å². The molecule has 1 aromatic heterocycles. The Morgan fingerprint density at radius 1 is 1.10 bits per heavy atom. The van der Waals surface area contributed by atoms with Crippen molar-refractivity contribution in [3.8, 4) is 5.75 Å². The molecule has 0 bridgehead atoms. The summed E-state index contributed by atoms with van der Waals surface area (Å²) in [7, 11) is 3.49. The number of ether oxygens (including phenoxy) is 1. The maximum atomic E-state index is 13.4. The van der Waals surface area contributed by atoms with E-state index in [1.807, 2.05) is 31.3 Å². The Kier molecular flexibility index (Phi) is 5.99. The van der Waals surface area contributed by atoms with Gasteiger partial charge in [-0.25, -0.2) is 0 Å². The van der Waals surface area contributed by atoms with Crippen LogP contribution < -0.4 is 4.74 Å². The molecule has 158 valence electrons. The number of nitrogens with zero attached hydrogens (tertiary/aromatic N) is 4. The first kappa shape index (κ1) is 20.3. The van der Waals surface area contributed by atoms with E-state index in [2.05, 4.69) is 22.0 Å². The number of carbonyl (C=O) groups is 2. The third kappa shape index (κ3) is 4.31. The third-order valence-corrected chi connectivity index (χ3v) is 6.17. The van der Waals surface area contributed by atoms with Crippen LogP contribution in [0, 0.1) is 5.92 Å². The number of carbonyl (C=O) groups excluding carboxylic acids is 2. The highest BCUT2D eigenvalue weighted by Crippen LogP contribution is 2.28. The summed E-state index contributed by atoms with van der Waals surface area (Å²) in [5.74, 6) is 0.678. The van der Waals surface area contributed by atoms with Crippen LogP contribution in [-0.4, -0.2) is 71.3 Å². The van der Waals surface area contributed by atoms with Gasteiger partial charge >= 0.3 is 0 Å². The van der Waals surface area contributed by atoms with Crippen LogP contribution in [-0.2, 0) is 22.7 Å². The second kappa shape index (κ2) is 8.83. The van der Waals surface area contributed by atoms with Crippen molar-refractivity contribution < 1.29 is 14.3 Å². The van der Waals surface area contributed by atoms with E-state index in [0.717, 1.165) is 30.8 Å². The lowest BCUT2D eigenvalue weighted by atomic mass is 9.90. The molecule has 2 fully saturated rings. The minimum Gasteiger partial charge on any atom is -0.497 e. The van der Waals surface area contributed by atoms with Gasteiger partial charge in [0, 0.05) is 51.7 Å². The van der Waals surface area contributed by atoms with Crippen molar-refractivity contribution in [3.05, 3.63) is 59.9 Å². The Bertz CT molecular complexity index is 887. The monoisotopic (exact) mass is 408 g/mol. The summed E-state index contributed by atoms with van der Waals surface area (Å²) >= 11 is 0. The van der Waals surface area contributed by atoms with Gasteiger partial charge in [-0.05, 0) is 35.7 Å². The van der Waals surface area contributed by atoms with Crippen LogP contribution in [0.1, 0.15) is 17.5 Å². The molecule has 2 atom stereocenters. The highest BCUT2D eigenvalue weighted by molar-refractivity contribution is 5.89. The molecule has 0 saturated carbocycles. The Morgan fingerprint density at radius 2 is 1.90 bits per heavy atom. The van der Waals surface area contributed by atoms with E-state index in [1.165, 1.54) is 5.56 Å². The molecule has 2 saturated heterocycles. The zero-order valence-electron chi connectivity index (χ0n) is 17.5. The van der Waals surface area contributed by atoms with Crippen molar-refractivity contribution in [2.75, 3.05) is 33.8 Å². The molecule has 0 N–H and O–H groups in total. The highest BCUT2D eigenvalue weighted by atomic mass is 16.5. The number of likely N-dealkylation sites (N-methyl/N-ethyl adjacent to an activating group) is 1. The lowest BCUT2D eigenvalue weighted by Crippen LogP contribution is -2.53. The van der Waals surface area contributed by atoms with Gasteiger partial charge in [0.2, 0.25) is 11.8 Å². The second-order valence-corrected chi connectivity index (χ2v) is 8.11. The SMILES string of the molecule is COc1ccc(CN2CC[C@@H]3[C@H](C2)C(=O)N(Cc2cccnc2)CC(=O)N3C)cc1. The van der Waals surface area contributed by atoms with E-state index in [9.17, 15) is 9.59 Å². The number of aromatic nitrogens is 1. The largest absolute Gasteiger partial charge is 0.497 e. The van der Waals surface area contributed by atoms with Crippen molar-refractivity contribution in [1.29, 1.82) is 0 Å². The number of piperidine rings is 1. The summed E-state index contributed by atoms with van der Waals surface area (Å²) in [5, 5.41) is 0. The van der Waals surface area contributed by atoms with Gasteiger partial charge in [0.1, 0.15) is 12.3 Å². The number of pyridine rings is 1. The van der Waals surface area contributed by atoms with Crippen LogP contribution >= 0.6 is 0 Å². The van der Waals surface area contributed by atoms with E-state index in [0.29, 0.717) is 13.1 Å². The van der Waals surface area contributed by atoms with E-state index >= 15 is 0 Å². The third-order valence-electron chi connectivity index (χ3n) is 6.17. The molecule has 3 heterocycles. The lowest BCUT2D eigenvalue weighted by molar-refractivity contribution is -0.138. The zero-order chi connectivity index (χ0) is 21.1. The fraction of sp³-hybridized carbons (Fsp3) is 0.435. The molecule has 2 aliphatic heterocycles. The summed E-state index contributed by atoms with van der Waals surface area (Å²) < 4.78 is 5.23. The number of benzene rings is 1. The van der Waals surface area contributed by atoms with E-state index < -0.39 is 0 Å². The van der Waals surface area contributed by atoms with Crippen LogP contribution in [0.15, 0.2) is 48.8 Å². The molecule has 7 nitrogen and oxygen atoms in total. The van der Waals surface area contributed by atoms with E-state index in [-0.39, 0.29) is 30.3 Å². The van der Waals surface area contributed by atoms with Gasteiger partial charge in [-0.2, -0.15) is 0 Å². The molecule has 0 spiro atoms. The van der Waals surface area contributed by atoms with Gasteiger partial charge in [0.15, 0.2) is 0 Å². The molecule has 2 amide bonds. The average Bonchev–Trinajstić information content (AvgIpc) is 2.86. The Hall–Kier alpha value is -2.93. The summed E-state index contributed by atoms with van der Waals surface area (Å²) in [6.45, 7) is 2.82. The predicted molar refractivity (Wildman–Crippen MR) is 113 cm³/mol. The summed E-state index contributed by atoms with van der Waals surface area (Å²) in [6.07, 6.45) is 4.26. The average molecular weight is 409 g/mol. The van der Waals surface area contributed by atoms with Gasteiger partial charge in [-0.3, -0.25) is 19.5 Å². The second-order valence-electron chi connectivity index (χ2n) is 8.11. The first-order valence-electron chi connectivity index (χ1n) is 10.3. The normalized spacial score (nSPS) is 22.6.